The van der Waals surface area contributed by atoms with Gasteiger partial charge in [-0.1, -0.05) is 36.4 Å². The molecule has 1 aromatic heterocycles. The molecule has 0 spiro atoms. The normalized spacial score (nSPS) is 17.5. The Bertz CT molecular complexity index is 832. The van der Waals surface area contributed by atoms with Gasteiger partial charge >= 0.3 is 0 Å². The Balaban J connectivity index is 1.37. The molecular weight excluding hydrogens is 301 g/mol. The molecule has 1 atom stereocenters. The van der Waals surface area contributed by atoms with E-state index in [4.69, 9.17) is 0 Å². The fourth-order valence-corrected chi connectivity index (χ4v) is 3.33. The Morgan fingerprint density at radius 2 is 1.96 bits per heavy atom. The minimum Gasteiger partial charge on any atom is -0.369 e. The van der Waals surface area contributed by atoms with E-state index in [1.54, 1.807) is 12.3 Å². The first kappa shape index (κ1) is 15.1. The van der Waals surface area contributed by atoms with Crippen LogP contribution >= 0.6 is 0 Å². The van der Waals surface area contributed by atoms with E-state index in [1.807, 2.05) is 0 Å². The van der Waals surface area contributed by atoms with Crippen molar-refractivity contribution in [2.75, 3.05) is 18.0 Å². The Morgan fingerprint density at radius 3 is 2.79 bits per heavy atom. The summed E-state index contributed by atoms with van der Waals surface area (Å²) < 4.78 is 12.9. The lowest BCUT2D eigenvalue weighted by atomic mass is 10.1. The summed E-state index contributed by atoms with van der Waals surface area (Å²) in [5.74, 6) is -0.427. The maximum Gasteiger partial charge on any atom is 0.212 e. The number of nitrogens with zero attached hydrogens (tertiary/aromatic N) is 2. The van der Waals surface area contributed by atoms with Crippen LogP contribution in [0.4, 0.5) is 10.1 Å². The summed E-state index contributed by atoms with van der Waals surface area (Å²) >= 11 is 0. The van der Waals surface area contributed by atoms with Crippen LogP contribution in [0.2, 0.25) is 0 Å². The number of rotatable bonds is 4. The number of pyridine rings is 1. The summed E-state index contributed by atoms with van der Waals surface area (Å²) in [4.78, 5) is 6.00. The van der Waals surface area contributed by atoms with Gasteiger partial charge in [-0.25, -0.2) is 4.98 Å². The maximum absolute atomic E-state index is 12.9. The number of fused-ring (bicyclic) bond motifs is 1. The van der Waals surface area contributed by atoms with Crippen LogP contribution in [-0.4, -0.2) is 24.1 Å². The van der Waals surface area contributed by atoms with Crippen molar-refractivity contribution in [1.29, 1.82) is 0 Å². The van der Waals surface area contributed by atoms with Gasteiger partial charge in [0.05, 0.1) is 11.9 Å². The second-order valence-corrected chi connectivity index (χ2v) is 6.33. The van der Waals surface area contributed by atoms with Gasteiger partial charge in [-0.3, -0.25) is 0 Å². The van der Waals surface area contributed by atoms with Crippen LogP contribution in [0.25, 0.3) is 10.8 Å². The highest BCUT2D eigenvalue weighted by atomic mass is 19.1. The molecule has 1 saturated heterocycles. The standard InChI is InChI=1S/C20H20FN3/c21-20-8-7-19(13-23-20)24-10-9-18(14-24)22-12-15-5-6-16-3-1-2-4-17(16)11-15/h1-8,11,13,18,22H,9-10,12,14H2. The topological polar surface area (TPSA) is 28.2 Å². The number of anilines is 1. The molecule has 3 nitrogen and oxygen atoms in total. The summed E-state index contributed by atoms with van der Waals surface area (Å²) in [5, 5.41) is 6.19. The Hall–Kier alpha value is -2.46. The quantitative estimate of drug-likeness (QED) is 0.742. The van der Waals surface area contributed by atoms with Crippen molar-refractivity contribution < 1.29 is 4.39 Å². The highest BCUT2D eigenvalue weighted by Gasteiger charge is 2.22. The van der Waals surface area contributed by atoms with Gasteiger partial charge in [0.2, 0.25) is 5.95 Å². The largest absolute Gasteiger partial charge is 0.369 e. The average Bonchev–Trinajstić information content (AvgIpc) is 3.09. The number of hydrogen-bond donors (Lipinski definition) is 1. The van der Waals surface area contributed by atoms with Crippen molar-refractivity contribution in [2.24, 2.45) is 0 Å². The molecule has 3 aromatic rings. The smallest absolute Gasteiger partial charge is 0.212 e. The molecule has 0 amide bonds. The maximum atomic E-state index is 12.9. The second-order valence-electron chi connectivity index (χ2n) is 6.33. The third kappa shape index (κ3) is 3.24. The zero-order valence-electron chi connectivity index (χ0n) is 13.5. The predicted molar refractivity (Wildman–Crippen MR) is 95.6 cm³/mol. The van der Waals surface area contributed by atoms with E-state index in [0.29, 0.717) is 6.04 Å². The van der Waals surface area contributed by atoms with Gasteiger partial charge in [-0.15, -0.1) is 0 Å². The third-order valence-corrected chi connectivity index (χ3v) is 4.67. The molecule has 2 aromatic carbocycles. The second kappa shape index (κ2) is 6.57. The van der Waals surface area contributed by atoms with E-state index < -0.39 is 5.95 Å². The number of benzene rings is 2. The van der Waals surface area contributed by atoms with Crippen molar-refractivity contribution in [3.63, 3.8) is 0 Å². The third-order valence-electron chi connectivity index (χ3n) is 4.67. The van der Waals surface area contributed by atoms with Gasteiger partial charge in [-0.2, -0.15) is 4.39 Å². The van der Waals surface area contributed by atoms with Gasteiger partial charge in [0, 0.05) is 25.7 Å². The lowest BCUT2D eigenvalue weighted by Gasteiger charge is -2.18. The number of aromatic nitrogens is 1. The fourth-order valence-electron chi connectivity index (χ4n) is 3.33. The SMILES string of the molecule is Fc1ccc(N2CCC(NCc3ccc4ccccc4c3)C2)cn1. The summed E-state index contributed by atoms with van der Waals surface area (Å²) in [7, 11) is 0. The molecule has 1 N–H and O–H groups in total. The predicted octanol–water partition coefficient (Wildman–Crippen LogP) is 3.74. The van der Waals surface area contributed by atoms with E-state index in [9.17, 15) is 4.39 Å². The molecule has 4 rings (SSSR count). The number of halogens is 1. The van der Waals surface area contributed by atoms with Crippen LogP contribution in [0.5, 0.6) is 0 Å². The van der Waals surface area contributed by atoms with Crippen LogP contribution < -0.4 is 10.2 Å². The van der Waals surface area contributed by atoms with Crippen LogP contribution in [0.15, 0.2) is 60.8 Å². The van der Waals surface area contributed by atoms with Crippen molar-refractivity contribution in [3.8, 4) is 0 Å². The monoisotopic (exact) mass is 321 g/mol. The molecule has 1 fully saturated rings. The zero-order valence-corrected chi connectivity index (χ0v) is 13.5. The van der Waals surface area contributed by atoms with Gasteiger partial charge in [0.1, 0.15) is 0 Å². The Labute approximate surface area is 141 Å². The molecular formula is C20H20FN3. The molecule has 1 unspecified atom stereocenters. The Kier molecular flexibility index (Phi) is 4.13. The Morgan fingerprint density at radius 1 is 1.08 bits per heavy atom. The van der Waals surface area contributed by atoms with Crippen molar-refractivity contribution in [1.82, 2.24) is 10.3 Å². The molecule has 0 aliphatic carbocycles. The molecule has 24 heavy (non-hydrogen) atoms. The van der Waals surface area contributed by atoms with E-state index in [-0.39, 0.29) is 0 Å². The minimum atomic E-state index is -0.427. The first-order valence-corrected chi connectivity index (χ1v) is 8.35. The fraction of sp³-hybridized carbons (Fsp3) is 0.250. The molecule has 1 aliphatic heterocycles. The van der Waals surface area contributed by atoms with E-state index in [0.717, 1.165) is 31.7 Å². The van der Waals surface area contributed by atoms with Crippen LogP contribution in [-0.2, 0) is 6.54 Å². The molecule has 2 heterocycles. The van der Waals surface area contributed by atoms with Crippen LogP contribution in [0, 0.1) is 5.95 Å². The highest BCUT2D eigenvalue weighted by Crippen LogP contribution is 2.20. The molecule has 0 radical (unpaired) electrons. The lowest BCUT2D eigenvalue weighted by molar-refractivity contribution is 0.551. The van der Waals surface area contributed by atoms with Crippen molar-refractivity contribution >= 4 is 16.5 Å². The van der Waals surface area contributed by atoms with E-state index in [2.05, 4.69) is 57.7 Å². The molecule has 0 saturated carbocycles. The summed E-state index contributed by atoms with van der Waals surface area (Å²) in [6, 6.07) is 18.7. The lowest BCUT2D eigenvalue weighted by Crippen LogP contribution is -2.32. The zero-order chi connectivity index (χ0) is 16.4. The van der Waals surface area contributed by atoms with E-state index >= 15 is 0 Å². The van der Waals surface area contributed by atoms with Crippen LogP contribution in [0.1, 0.15) is 12.0 Å². The summed E-state index contributed by atoms with van der Waals surface area (Å²) in [5.41, 5.74) is 2.29. The molecule has 0 bridgehead atoms. The number of hydrogen-bond acceptors (Lipinski definition) is 3. The molecule has 122 valence electrons. The number of nitrogens with one attached hydrogen (secondary N) is 1. The summed E-state index contributed by atoms with van der Waals surface area (Å²) in [6.07, 6.45) is 2.70. The van der Waals surface area contributed by atoms with Gasteiger partial charge in [0.25, 0.3) is 0 Å². The molecule has 4 heteroatoms. The average molecular weight is 321 g/mol. The summed E-state index contributed by atoms with van der Waals surface area (Å²) in [6.45, 7) is 2.77. The minimum absolute atomic E-state index is 0.427. The van der Waals surface area contributed by atoms with Crippen molar-refractivity contribution in [2.45, 2.75) is 19.0 Å². The van der Waals surface area contributed by atoms with Gasteiger partial charge < -0.3 is 10.2 Å². The van der Waals surface area contributed by atoms with E-state index in [1.165, 1.54) is 22.4 Å². The first-order chi connectivity index (χ1) is 11.8. The first-order valence-electron chi connectivity index (χ1n) is 8.35. The van der Waals surface area contributed by atoms with Gasteiger partial charge in [0.15, 0.2) is 0 Å². The van der Waals surface area contributed by atoms with Crippen molar-refractivity contribution in [3.05, 3.63) is 72.3 Å². The van der Waals surface area contributed by atoms with Crippen LogP contribution in [0.3, 0.4) is 0 Å². The highest BCUT2D eigenvalue weighted by molar-refractivity contribution is 5.82. The van der Waals surface area contributed by atoms with Gasteiger partial charge in [-0.05, 0) is 41.0 Å². The molecule has 1 aliphatic rings.